The fourth-order valence-corrected chi connectivity index (χ4v) is 1.10. The van der Waals surface area contributed by atoms with E-state index in [-0.39, 0.29) is 0 Å². The van der Waals surface area contributed by atoms with Crippen molar-refractivity contribution in [1.29, 1.82) is 0 Å². The highest BCUT2D eigenvalue weighted by Gasteiger charge is 2.02. The van der Waals surface area contributed by atoms with E-state index in [0.29, 0.717) is 5.82 Å². The van der Waals surface area contributed by atoms with Crippen molar-refractivity contribution in [2.45, 2.75) is 6.92 Å². The highest BCUT2D eigenvalue weighted by atomic mass is 15.5. The van der Waals surface area contributed by atoms with Crippen LogP contribution in [0.25, 0.3) is 11.4 Å². The Morgan fingerprint density at radius 1 is 1.38 bits per heavy atom. The van der Waals surface area contributed by atoms with E-state index in [4.69, 9.17) is 7.85 Å². The van der Waals surface area contributed by atoms with E-state index >= 15 is 0 Å². The summed E-state index contributed by atoms with van der Waals surface area (Å²) in [4.78, 5) is 0. The van der Waals surface area contributed by atoms with Crippen molar-refractivity contribution in [3.63, 3.8) is 0 Å². The van der Waals surface area contributed by atoms with Crippen LogP contribution in [0, 0.1) is 6.92 Å². The van der Waals surface area contributed by atoms with Crippen molar-refractivity contribution in [3.05, 3.63) is 23.8 Å². The Morgan fingerprint density at radius 3 is 2.85 bits per heavy atom. The van der Waals surface area contributed by atoms with E-state index < -0.39 is 0 Å². The topological polar surface area (TPSA) is 54.5 Å². The molecule has 1 aromatic carbocycles. The Bertz CT molecular complexity index is 410. The monoisotopic (exact) mass is 170 g/mol. The predicted octanol–water partition coefficient (Wildman–Crippen LogP) is -0.0311. The summed E-state index contributed by atoms with van der Waals surface area (Å²) >= 11 is 0. The van der Waals surface area contributed by atoms with Crippen LogP contribution in [0.1, 0.15) is 5.56 Å². The van der Waals surface area contributed by atoms with Gasteiger partial charge in [0.1, 0.15) is 7.85 Å². The summed E-state index contributed by atoms with van der Waals surface area (Å²) in [6, 6.07) is 5.63. The SMILES string of the molecule is [B]c1ccc(-c2nn[nH]n2)cc1C. The number of aryl methyl sites for hydroxylation is 1. The molecule has 0 unspecified atom stereocenters. The molecule has 0 saturated heterocycles. The zero-order valence-corrected chi connectivity index (χ0v) is 7.15. The van der Waals surface area contributed by atoms with Gasteiger partial charge in [-0.05, 0) is 18.2 Å². The molecule has 2 rings (SSSR count). The minimum Gasteiger partial charge on any atom is -0.177 e. The summed E-state index contributed by atoms with van der Waals surface area (Å²) in [6.45, 7) is 1.94. The number of benzene rings is 1. The molecule has 0 aliphatic carbocycles. The number of nitrogens with zero attached hydrogens (tertiary/aromatic N) is 3. The highest BCUT2D eigenvalue weighted by molar-refractivity contribution is 6.33. The summed E-state index contributed by atoms with van der Waals surface area (Å²) in [6.07, 6.45) is 0. The Morgan fingerprint density at radius 2 is 2.23 bits per heavy atom. The quantitative estimate of drug-likeness (QED) is 0.611. The Balaban J connectivity index is 2.49. The zero-order chi connectivity index (χ0) is 9.26. The van der Waals surface area contributed by atoms with Gasteiger partial charge in [-0.1, -0.05) is 23.2 Å². The minimum atomic E-state index is 0.586. The molecule has 0 spiro atoms. The molecule has 0 bridgehead atoms. The van der Waals surface area contributed by atoms with E-state index in [1.165, 1.54) is 0 Å². The lowest BCUT2D eigenvalue weighted by molar-refractivity contribution is 0.881. The maximum atomic E-state index is 5.68. The van der Waals surface area contributed by atoms with Crippen LogP contribution < -0.4 is 5.46 Å². The molecule has 13 heavy (non-hydrogen) atoms. The normalized spacial score (nSPS) is 10.2. The number of hydrogen-bond acceptors (Lipinski definition) is 3. The summed E-state index contributed by atoms with van der Waals surface area (Å²) in [5.41, 5.74) is 2.70. The van der Waals surface area contributed by atoms with Gasteiger partial charge in [-0.15, -0.1) is 10.2 Å². The van der Waals surface area contributed by atoms with Gasteiger partial charge in [-0.25, -0.2) is 0 Å². The van der Waals surface area contributed by atoms with E-state index in [9.17, 15) is 0 Å². The number of aromatic nitrogens is 4. The van der Waals surface area contributed by atoms with Crippen LogP contribution in [0.2, 0.25) is 0 Å². The third-order valence-corrected chi connectivity index (χ3v) is 1.87. The van der Waals surface area contributed by atoms with Crippen LogP contribution in [0.5, 0.6) is 0 Å². The number of hydrogen-bond donors (Lipinski definition) is 1. The Labute approximate surface area is 76.8 Å². The van der Waals surface area contributed by atoms with Gasteiger partial charge in [0.15, 0.2) is 0 Å². The molecule has 0 amide bonds. The van der Waals surface area contributed by atoms with Crippen LogP contribution in [-0.2, 0) is 0 Å². The highest BCUT2D eigenvalue weighted by Crippen LogP contribution is 2.12. The fraction of sp³-hybridized carbons (Fsp3) is 0.125. The molecule has 1 heterocycles. The van der Waals surface area contributed by atoms with Gasteiger partial charge < -0.3 is 0 Å². The summed E-state index contributed by atoms with van der Waals surface area (Å²) < 4.78 is 0. The fourth-order valence-electron chi connectivity index (χ4n) is 1.10. The molecule has 0 fully saturated rings. The Kier molecular flexibility index (Phi) is 1.85. The van der Waals surface area contributed by atoms with Gasteiger partial charge >= 0.3 is 0 Å². The lowest BCUT2D eigenvalue weighted by Gasteiger charge is -2.00. The standard InChI is InChI=1S/C8H7BN4/c1-5-4-6(2-3-7(5)9)8-10-12-13-11-8/h2-4H,1H3,(H,10,11,12,13). The van der Waals surface area contributed by atoms with E-state index in [1.807, 2.05) is 25.1 Å². The van der Waals surface area contributed by atoms with Gasteiger partial charge in [0.05, 0.1) is 0 Å². The first kappa shape index (κ1) is 7.98. The molecular weight excluding hydrogens is 163 g/mol. The van der Waals surface area contributed by atoms with E-state index in [2.05, 4.69) is 20.6 Å². The largest absolute Gasteiger partial charge is 0.204 e. The third-order valence-electron chi connectivity index (χ3n) is 1.87. The minimum absolute atomic E-state index is 0.586. The smallest absolute Gasteiger partial charge is 0.177 e. The third kappa shape index (κ3) is 1.45. The molecule has 4 nitrogen and oxygen atoms in total. The van der Waals surface area contributed by atoms with Crippen molar-refractivity contribution in [1.82, 2.24) is 20.6 Å². The number of tetrazole rings is 1. The van der Waals surface area contributed by atoms with Gasteiger partial charge in [0.2, 0.25) is 5.82 Å². The lowest BCUT2D eigenvalue weighted by Crippen LogP contribution is -2.06. The van der Waals surface area contributed by atoms with E-state index in [1.54, 1.807) is 0 Å². The Hall–Kier alpha value is -1.65. The average Bonchev–Trinajstić information content (AvgIpc) is 2.62. The lowest BCUT2D eigenvalue weighted by atomic mass is 9.90. The molecule has 1 N–H and O–H groups in total. The molecule has 0 aliphatic heterocycles. The number of H-pyrrole nitrogens is 1. The predicted molar refractivity (Wildman–Crippen MR) is 49.7 cm³/mol. The maximum absolute atomic E-state index is 5.68. The first-order valence-electron chi connectivity index (χ1n) is 3.87. The average molecular weight is 170 g/mol. The molecule has 0 saturated carbocycles. The molecule has 0 aliphatic rings. The van der Waals surface area contributed by atoms with E-state index in [0.717, 1.165) is 16.6 Å². The summed E-state index contributed by atoms with van der Waals surface area (Å²) in [5.74, 6) is 0.586. The van der Waals surface area contributed by atoms with Crippen molar-refractivity contribution < 1.29 is 0 Å². The van der Waals surface area contributed by atoms with Crippen LogP contribution in [0.4, 0.5) is 0 Å². The van der Waals surface area contributed by atoms with Crippen LogP contribution in [0.3, 0.4) is 0 Å². The first-order chi connectivity index (χ1) is 6.27. The number of aromatic amines is 1. The van der Waals surface area contributed by atoms with Crippen molar-refractivity contribution in [2.75, 3.05) is 0 Å². The second-order valence-electron chi connectivity index (χ2n) is 2.81. The van der Waals surface area contributed by atoms with Crippen LogP contribution in [0.15, 0.2) is 18.2 Å². The molecule has 2 radical (unpaired) electrons. The molecule has 2 aromatic rings. The van der Waals surface area contributed by atoms with Gasteiger partial charge in [0, 0.05) is 5.56 Å². The zero-order valence-electron chi connectivity index (χ0n) is 7.15. The molecule has 5 heteroatoms. The van der Waals surface area contributed by atoms with Crippen LogP contribution >= 0.6 is 0 Å². The maximum Gasteiger partial charge on any atom is 0.204 e. The van der Waals surface area contributed by atoms with Crippen molar-refractivity contribution in [2.24, 2.45) is 0 Å². The molecule has 62 valence electrons. The van der Waals surface area contributed by atoms with Gasteiger partial charge in [0.25, 0.3) is 0 Å². The summed E-state index contributed by atoms with van der Waals surface area (Å²) in [7, 11) is 5.68. The molecule has 1 aromatic heterocycles. The molecule has 0 atom stereocenters. The van der Waals surface area contributed by atoms with Crippen molar-refractivity contribution >= 4 is 13.3 Å². The second-order valence-corrected chi connectivity index (χ2v) is 2.81. The number of nitrogens with one attached hydrogen (secondary N) is 1. The van der Waals surface area contributed by atoms with Gasteiger partial charge in [-0.2, -0.15) is 5.21 Å². The van der Waals surface area contributed by atoms with Crippen molar-refractivity contribution in [3.8, 4) is 11.4 Å². The first-order valence-corrected chi connectivity index (χ1v) is 3.87. The second kappa shape index (κ2) is 3.01. The summed E-state index contributed by atoms with van der Waals surface area (Å²) in [5, 5.41) is 13.6. The molecular formula is C8H7BN4. The number of rotatable bonds is 1. The van der Waals surface area contributed by atoms with Crippen LogP contribution in [-0.4, -0.2) is 28.5 Å². The van der Waals surface area contributed by atoms with Gasteiger partial charge in [-0.3, -0.25) is 0 Å².